The summed E-state index contributed by atoms with van der Waals surface area (Å²) in [6.07, 6.45) is -0.321. The average Bonchev–Trinajstić information content (AvgIpc) is 3.39. The molecule has 0 unspecified atom stereocenters. The van der Waals surface area contributed by atoms with Crippen LogP contribution in [-0.4, -0.2) is 62.8 Å². The van der Waals surface area contributed by atoms with Gasteiger partial charge in [-0.25, -0.2) is 15.0 Å². The number of fused-ring (bicyclic) bond motifs is 1. The molecule has 1 aliphatic heterocycles. The first-order valence-electron chi connectivity index (χ1n) is 9.99. The fraction of sp³-hybridized carbons (Fsp3) is 0.350. The van der Waals surface area contributed by atoms with Gasteiger partial charge in [0.25, 0.3) is 5.91 Å². The molecule has 0 atom stereocenters. The number of anilines is 1. The van der Waals surface area contributed by atoms with Crippen LogP contribution in [0.25, 0.3) is 11.2 Å². The van der Waals surface area contributed by atoms with E-state index in [0.29, 0.717) is 43.2 Å². The van der Waals surface area contributed by atoms with Crippen LogP contribution in [0.5, 0.6) is 0 Å². The Morgan fingerprint density at radius 1 is 1.27 bits per heavy atom. The van der Waals surface area contributed by atoms with Gasteiger partial charge in [-0.3, -0.25) is 9.59 Å². The third-order valence-electron chi connectivity index (χ3n) is 5.18. The number of hydrogen-bond acceptors (Lipinski definition) is 7. The van der Waals surface area contributed by atoms with Crippen molar-refractivity contribution in [1.29, 1.82) is 0 Å². The predicted molar refractivity (Wildman–Crippen MR) is 116 cm³/mol. The van der Waals surface area contributed by atoms with E-state index in [2.05, 4.69) is 31.8 Å². The number of amides is 2. The van der Waals surface area contributed by atoms with Crippen molar-refractivity contribution in [2.75, 3.05) is 31.1 Å². The zero-order chi connectivity index (χ0) is 23.8. The highest BCUT2D eigenvalue weighted by molar-refractivity contribution is 7.11. The van der Waals surface area contributed by atoms with Gasteiger partial charge in [0.1, 0.15) is 11.3 Å². The van der Waals surface area contributed by atoms with E-state index in [0.717, 1.165) is 11.3 Å². The SMILES string of the molecule is C=CC(=O)N1CCN(c2cnc3[nH]cc(C(=O)NCc4sc(C)nc4C(F)(F)F)c3n2)CC1. The standard InChI is InChI=1S/C20H20F3N7O2S/c1-3-15(31)30-6-4-29(5-7-30)14-10-25-18-16(28-14)12(8-24-18)19(32)26-9-13-17(20(21,22)23)27-11(2)33-13/h3,8,10H,1,4-7,9H2,2H3,(H,24,25)(H,26,32). The van der Waals surface area contributed by atoms with E-state index in [1.54, 1.807) is 11.1 Å². The van der Waals surface area contributed by atoms with E-state index in [9.17, 15) is 22.8 Å². The van der Waals surface area contributed by atoms with Crippen LogP contribution in [-0.2, 0) is 17.5 Å². The van der Waals surface area contributed by atoms with Gasteiger partial charge in [0.2, 0.25) is 5.91 Å². The Balaban J connectivity index is 1.49. The van der Waals surface area contributed by atoms with E-state index in [1.807, 2.05) is 4.90 Å². The molecule has 0 saturated carbocycles. The highest BCUT2D eigenvalue weighted by atomic mass is 32.1. The van der Waals surface area contributed by atoms with Crippen molar-refractivity contribution in [2.24, 2.45) is 0 Å². The summed E-state index contributed by atoms with van der Waals surface area (Å²) < 4.78 is 39.5. The first-order chi connectivity index (χ1) is 15.7. The van der Waals surface area contributed by atoms with Gasteiger partial charge in [-0.2, -0.15) is 13.2 Å². The van der Waals surface area contributed by atoms with Crippen molar-refractivity contribution >= 4 is 40.1 Å². The lowest BCUT2D eigenvalue weighted by Crippen LogP contribution is -2.48. The minimum Gasteiger partial charge on any atom is -0.352 e. The number of hydrogen-bond donors (Lipinski definition) is 2. The molecule has 0 spiro atoms. The first-order valence-corrected chi connectivity index (χ1v) is 10.8. The summed E-state index contributed by atoms with van der Waals surface area (Å²) in [6, 6.07) is 0. The van der Waals surface area contributed by atoms with Crippen LogP contribution < -0.4 is 10.2 Å². The third-order valence-corrected chi connectivity index (χ3v) is 6.16. The maximum absolute atomic E-state index is 13.2. The van der Waals surface area contributed by atoms with E-state index in [4.69, 9.17) is 0 Å². The smallest absolute Gasteiger partial charge is 0.352 e. The van der Waals surface area contributed by atoms with Gasteiger partial charge in [-0.1, -0.05) is 6.58 Å². The Hall–Kier alpha value is -3.48. The summed E-state index contributed by atoms with van der Waals surface area (Å²) in [7, 11) is 0. The Morgan fingerprint density at radius 3 is 2.67 bits per heavy atom. The molecule has 2 N–H and O–H groups in total. The molecule has 33 heavy (non-hydrogen) atoms. The fourth-order valence-electron chi connectivity index (χ4n) is 3.56. The molecule has 0 radical (unpaired) electrons. The highest BCUT2D eigenvalue weighted by Gasteiger charge is 2.37. The molecule has 1 saturated heterocycles. The number of alkyl halides is 3. The number of aromatic amines is 1. The number of carbonyl (C=O) groups is 2. The molecular formula is C20H20F3N7O2S. The second-order valence-electron chi connectivity index (χ2n) is 7.33. The molecule has 0 aromatic carbocycles. The molecule has 0 aliphatic carbocycles. The third kappa shape index (κ3) is 4.67. The summed E-state index contributed by atoms with van der Waals surface area (Å²) >= 11 is 0.887. The lowest BCUT2D eigenvalue weighted by molar-refractivity contribution is -0.141. The molecule has 4 heterocycles. The van der Waals surface area contributed by atoms with Crippen LogP contribution in [0, 0.1) is 6.92 Å². The molecule has 9 nitrogen and oxygen atoms in total. The van der Waals surface area contributed by atoms with Crippen LogP contribution in [0.4, 0.5) is 19.0 Å². The van der Waals surface area contributed by atoms with E-state index < -0.39 is 17.8 Å². The van der Waals surface area contributed by atoms with Crippen LogP contribution in [0.15, 0.2) is 25.0 Å². The van der Waals surface area contributed by atoms with Gasteiger partial charge in [0.15, 0.2) is 11.3 Å². The van der Waals surface area contributed by atoms with Gasteiger partial charge in [0.05, 0.1) is 28.2 Å². The molecule has 3 aromatic rings. The molecule has 13 heteroatoms. The second kappa shape index (κ2) is 8.81. The quantitative estimate of drug-likeness (QED) is 0.545. The Kier molecular flexibility index (Phi) is 6.06. The zero-order valence-corrected chi connectivity index (χ0v) is 18.4. The van der Waals surface area contributed by atoms with Gasteiger partial charge in [0, 0.05) is 32.4 Å². The zero-order valence-electron chi connectivity index (χ0n) is 17.6. The van der Waals surface area contributed by atoms with E-state index in [-0.39, 0.29) is 27.9 Å². The number of aryl methyl sites for hydroxylation is 1. The number of thiazole rings is 1. The normalized spacial score (nSPS) is 14.5. The summed E-state index contributed by atoms with van der Waals surface area (Å²) in [6.45, 7) is 6.75. The minimum atomic E-state index is -4.59. The van der Waals surface area contributed by atoms with E-state index >= 15 is 0 Å². The number of aromatic nitrogens is 4. The molecule has 0 bridgehead atoms. The first kappa shape index (κ1) is 22.7. The number of H-pyrrole nitrogens is 1. The van der Waals surface area contributed by atoms with Crippen molar-refractivity contribution in [1.82, 2.24) is 30.2 Å². The second-order valence-corrected chi connectivity index (χ2v) is 8.62. The van der Waals surface area contributed by atoms with Crippen LogP contribution in [0.2, 0.25) is 0 Å². The monoisotopic (exact) mass is 479 g/mol. The van der Waals surface area contributed by atoms with Crippen molar-refractivity contribution in [3.63, 3.8) is 0 Å². The van der Waals surface area contributed by atoms with Gasteiger partial charge < -0.3 is 20.1 Å². The summed E-state index contributed by atoms with van der Waals surface area (Å²) in [5, 5.41) is 2.79. The lowest BCUT2D eigenvalue weighted by atomic mass is 10.2. The van der Waals surface area contributed by atoms with Crippen molar-refractivity contribution in [3.8, 4) is 0 Å². The average molecular weight is 479 g/mol. The number of carbonyl (C=O) groups excluding carboxylic acids is 2. The van der Waals surface area contributed by atoms with Crippen molar-refractivity contribution in [3.05, 3.63) is 46.2 Å². The molecular weight excluding hydrogens is 459 g/mol. The highest BCUT2D eigenvalue weighted by Crippen LogP contribution is 2.34. The topological polar surface area (TPSA) is 107 Å². The minimum absolute atomic E-state index is 0.0630. The molecule has 3 aromatic heterocycles. The van der Waals surface area contributed by atoms with Gasteiger partial charge >= 0.3 is 6.18 Å². The Morgan fingerprint density at radius 2 is 2.00 bits per heavy atom. The number of nitrogens with one attached hydrogen (secondary N) is 2. The maximum Gasteiger partial charge on any atom is 0.434 e. The molecule has 1 aliphatic rings. The van der Waals surface area contributed by atoms with Crippen molar-refractivity contribution in [2.45, 2.75) is 19.6 Å². The van der Waals surface area contributed by atoms with Gasteiger partial charge in [-0.05, 0) is 13.0 Å². The number of rotatable bonds is 5. The van der Waals surface area contributed by atoms with Crippen LogP contribution in [0.1, 0.15) is 25.9 Å². The number of nitrogens with zero attached hydrogens (tertiary/aromatic N) is 5. The Labute approximate surface area is 190 Å². The van der Waals surface area contributed by atoms with Crippen LogP contribution in [0.3, 0.4) is 0 Å². The number of halogens is 3. The summed E-state index contributed by atoms with van der Waals surface area (Å²) in [5.41, 5.74) is -0.116. The predicted octanol–water partition coefficient (Wildman–Crippen LogP) is 2.51. The van der Waals surface area contributed by atoms with Gasteiger partial charge in [-0.15, -0.1) is 11.3 Å². The van der Waals surface area contributed by atoms with Crippen molar-refractivity contribution < 1.29 is 22.8 Å². The lowest BCUT2D eigenvalue weighted by Gasteiger charge is -2.34. The fourth-order valence-corrected chi connectivity index (χ4v) is 4.45. The maximum atomic E-state index is 13.2. The van der Waals surface area contributed by atoms with Crippen LogP contribution >= 0.6 is 11.3 Å². The largest absolute Gasteiger partial charge is 0.434 e. The summed E-state index contributed by atoms with van der Waals surface area (Å²) in [4.78, 5) is 43.3. The molecule has 4 rings (SSSR count). The van der Waals surface area contributed by atoms with E-state index in [1.165, 1.54) is 19.2 Å². The Bertz CT molecular complexity index is 1210. The summed E-state index contributed by atoms with van der Waals surface area (Å²) in [5.74, 6) is -0.168. The molecule has 1 fully saturated rings. The number of piperazine rings is 1. The molecule has 2 amide bonds. The molecule has 174 valence electrons.